The third kappa shape index (κ3) is 3.77. The van der Waals surface area contributed by atoms with Gasteiger partial charge in [0.15, 0.2) is 0 Å². The number of pyridine rings is 1. The Kier molecular flexibility index (Phi) is 4.49. The number of amides is 1. The molecule has 0 spiro atoms. The van der Waals surface area contributed by atoms with Crippen LogP contribution in [0.4, 0.5) is 4.39 Å². The molecule has 27 heavy (non-hydrogen) atoms. The van der Waals surface area contributed by atoms with Crippen molar-refractivity contribution in [1.29, 1.82) is 0 Å². The smallest absolute Gasteiger partial charge is 0.269 e. The molecule has 0 radical (unpaired) electrons. The molecule has 0 unspecified atom stereocenters. The van der Waals surface area contributed by atoms with Gasteiger partial charge in [-0.25, -0.2) is 4.39 Å². The van der Waals surface area contributed by atoms with Gasteiger partial charge in [-0.1, -0.05) is 0 Å². The van der Waals surface area contributed by atoms with E-state index in [-0.39, 0.29) is 11.7 Å². The summed E-state index contributed by atoms with van der Waals surface area (Å²) in [6.07, 6.45) is 4.98. The third-order valence-electron chi connectivity index (χ3n) is 4.02. The predicted octanol–water partition coefficient (Wildman–Crippen LogP) is 3.80. The number of aromatic nitrogens is 3. The van der Waals surface area contributed by atoms with Crippen molar-refractivity contribution < 1.29 is 13.6 Å². The summed E-state index contributed by atoms with van der Waals surface area (Å²) in [4.78, 5) is 16.5. The van der Waals surface area contributed by atoms with Gasteiger partial charge in [-0.2, -0.15) is 5.10 Å². The molecule has 1 amide bonds. The minimum atomic E-state index is -0.322. The van der Waals surface area contributed by atoms with Gasteiger partial charge in [0, 0.05) is 30.1 Å². The van der Waals surface area contributed by atoms with Crippen LogP contribution in [0.2, 0.25) is 0 Å². The lowest BCUT2D eigenvalue weighted by Gasteiger charge is -2.05. The first-order valence-electron chi connectivity index (χ1n) is 8.26. The molecule has 0 bridgehead atoms. The van der Waals surface area contributed by atoms with Gasteiger partial charge in [0.05, 0.1) is 12.0 Å². The van der Waals surface area contributed by atoms with Crippen molar-refractivity contribution in [2.45, 2.75) is 6.54 Å². The molecule has 0 aliphatic heterocycles. The van der Waals surface area contributed by atoms with Crippen LogP contribution in [-0.4, -0.2) is 21.1 Å². The molecular weight excluding hydrogens is 347 g/mol. The van der Waals surface area contributed by atoms with E-state index >= 15 is 0 Å². The van der Waals surface area contributed by atoms with Crippen LogP contribution in [0.15, 0.2) is 71.6 Å². The summed E-state index contributed by atoms with van der Waals surface area (Å²) >= 11 is 0. The third-order valence-corrected chi connectivity index (χ3v) is 4.02. The first-order valence-corrected chi connectivity index (χ1v) is 8.26. The minimum absolute atomic E-state index is 0.292. The normalized spacial score (nSPS) is 10.7. The molecule has 1 aromatic carbocycles. The standard InChI is InChI=1S/C20H15FN4O2/c21-16-5-3-14(4-6-16)17-9-18(25-24-17)20(26)23-11-13-8-15(12-22-10-13)19-2-1-7-27-19/h1-10,12H,11H2,(H,23,26)(H,24,25). The van der Waals surface area contributed by atoms with Crippen molar-refractivity contribution in [2.75, 3.05) is 0 Å². The Morgan fingerprint density at radius 2 is 1.96 bits per heavy atom. The summed E-state index contributed by atoms with van der Waals surface area (Å²) in [5.74, 6) is 0.102. The first-order chi connectivity index (χ1) is 13.2. The van der Waals surface area contributed by atoms with Gasteiger partial charge in [-0.15, -0.1) is 0 Å². The van der Waals surface area contributed by atoms with Gasteiger partial charge in [-0.3, -0.25) is 14.9 Å². The Morgan fingerprint density at radius 1 is 1.11 bits per heavy atom. The lowest BCUT2D eigenvalue weighted by molar-refractivity contribution is 0.0946. The Labute approximate surface area is 154 Å². The molecule has 0 aliphatic carbocycles. The van der Waals surface area contributed by atoms with Gasteiger partial charge in [0.25, 0.3) is 5.91 Å². The van der Waals surface area contributed by atoms with E-state index in [1.807, 2.05) is 12.1 Å². The van der Waals surface area contributed by atoms with E-state index in [0.717, 1.165) is 16.7 Å². The van der Waals surface area contributed by atoms with Gasteiger partial charge in [0.1, 0.15) is 17.3 Å². The number of carbonyl (C=O) groups is 1. The zero-order valence-corrected chi connectivity index (χ0v) is 14.1. The number of hydrogen-bond donors (Lipinski definition) is 2. The van der Waals surface area contributed by atoms with Crippen LogP contribution in [0.3, 0.4) is 0 Å². The molecule has 0 saturated heterocycles. The highest BCUT2D eigenvalue weighted by Gasteiger charge is 2.11. The van der Waals surface area contributed by atoms with Crippen molar-refractivity contribution in [1.82, 2.24) is 20.5 Å². The first kappa shape index (κ1) is 16.7. The van der Waals surface area contributed by atoms with E-state index in [4.69, 9.17) is 4.42 Å². The summed E-state index contributed by atoms with van der Waals surface area (Å²) in [6.45, 7) is 0.311. The van der Waals surface area contributed by atoms with E-state index in [1.165, 1.54) is 12.1 Å². The lowest BCUT2D eigenvalue weighted by Crippen LogP contribution is -2.23. The number of furan rings is 1. The quantitative estimate of drug-likeness (QED) is 0.566. The number of carbonyl (C=O) groups excluding carboxylic acids is 1. The van der Waals surface area contributed by atoms with E-state index in [0.29, 0.717) is 23.7 Å². The SMILES string of the molecule is O=C(NCc1cncc(-c2ccco2)c1)c1cc(-c2ccc(F)cc2)n[nH]1. The number of hydrogen-bond acceptors (Lipinski definition) is 4. The summed E-state index contributed by atoms with van der Waals surface area (Å²) in [5, 5.41) is 9.63. The van der Waals surface area contributed by atoms with Crippen LogP contribution >= 0.6 is 0 Å². The summed E-state index contributed by atoms with van der Waals surface area (Å²) < 4.78 is 18.4. The molecule has 3 heterocycles. The topological polar surface area (TPSA) is 83.8 Å². The second-order valence-corrected chi connectivity index (χ2v) is 5.92. The summed E-state index contributed by atoms with van der Waals surface area (Å²) in [5.41, 5.74) is 3.30. The van der Waals surface area contributed by atoms with Gasteiger partial charge in [-0.05, 0) is 54.1 Å². The Morgan fingerprint density at radius 3 is 2.74 bits per heavy atom. The fraction of sp³-hybridized carbons (Fsp3) is 0.0500. The van der Waals surface area contributed by atoms with Crippen LogP contribution in [0.25, 0.3) is 22.6 Å². The number of benzene rings is 1. The molecule has 7 heteroatoms. The fourth-order valence-corrected chi connectivity index (χ4v) is 2.65. The fourth-order valence-electron chi connectivity index (χ4n) is 2.65. The number of nitrogens with one attached hydrogen (secondary N) is 2. The number of halogens is 1. The highest BCUT2D eigenvalue weighted by molar-refractivity contribution is 5.93. The van der Waals surface area contributed by atoms with Gasteiger partial charge >= 0.3 is 0 Å². The average molecular weight is 362 g/mol. The average Bonchev–Trinajstić information content (AvgIpc) is 3.39. The van der Waals surface area contributed by atoms with Gasteiger partial charge < -0.3 is 9.73 Å². The molecular formula is C20H15FN4O2. The maximum absolute atomic E-state index is 13.0. The molecule has 2 N–H and O–H groups in total. The predicted molar refractivity (Wildman–Crippen MR) is 97.1 cm³/mol. The lowest BCUT2D eigenvalue weighted by atomic mass is 10.1. The van der Waals surface area contributed by atoms with Crippen molar-refractivity contribution in [2.24, 2.45) is 0 Å². The van der Waals surface area contributed by atoms with Crippen molar-refractivity contribution in [3.05, 3.63) is 84.3 Å². The molecule has 4 aromatic rings. The molecule has 0 atom stereocenters. The summed E-state index contributed by atoms with van der Waals surface area (Å²) in [6, 6.07) is 13.1. The molecule has 0 saturated carbocycles. The highest BCUT2D eigenvalue weighted by atomic mass is 19.1. The molecule has 0 aliphatic rings. The second kappa shape index (κ2) is 7.25. The van der Waals surface area contributed by atoms with E-state index in [2.05, 4.69) is 20.5 Å². The number of aromatic amines is 1. The van der Waals surface area contributed by atoms with Crippen LogP contribution < -0.4 is 5.32 Å². The van der Waals surface area contributed by atoms with Crippen LogP contribution in [0.1, 0.15) is 16.1 Å². The highest BCUT2D eigenvalue weighted by Crippen LogP contribution is 2.20. The number of H-pyrrole nitrogens is 1. The Balaban J connectivity index is 1.43. The van der Waals surface area contributed by atoms with E-state index < -0.39 is 0 Å². The van der Waals surface area contributed by atoms with Crippen LogP contribution in [0, 0.1) is 5.82 Å². The number of rotatable bonds is 5. The summed E-state index contributed by atoms with van der Waals surface area (Å²) in [7, 11) is 0. The second-order valence-electron chi connectivity index (χ2n) is 5.92. The van der Waals surface area contributed by atoms with Crippen LogP contribution in [0.5, 0.6) is 0 Å². The molecule has 6 nitrogen and oxygen atoms in total. The number of nitrogens with zero attached hydrogens (tertiary/aromatic N) is 2. The van der Waals surface area contributed by atoms with E-state index in [1.54, 1.807) is 42.9 Å². The Hall–Kier alpha value is -3.74. The maximum atomic E-state index is 13.0. The largest absolute Gasteiger partial charge is 0.464 e. The molecule has 3 aromatic heterocycles. The molecule has 4 rings (SSSR count). The zero-order chi connectivity index (χ0) is 18.6. The molecule has 0 fully saturated rings. The van der Waals surface area contributed by atoms with Gasteiger partial charge in [0.2, 0.25) is 0 Å². The monoisotopic (exact) mass is 362 g/mol. The zero-order valence-electron chi connectivity index (χ0n) is 14.1. The maximum Gasteiger partial charge on any atom is 0.269 e. The minimum Gasteiger partial charge on any atom is -0.464 e. The van der Waals surface area contributed by atoms with Crippen molar-refractivity contribution in [3.8, 4) is 22.6 Å². The van der Waals surface area contributed by atoms with Crippen molar-refractivity contribution >= 4 is 5.91 Å². The Bertz CT molecular complexity index is 1060. The molecule has 134 valence electrons. The van der Waals surface area contributed by atoms with Crippen molar-refractivity contribution in [3.63, 3.8) is 0 Å². The van der Waals surface area contributed by atoms with E-state index in [9.17, 15) is 9.18 Å². The van der Waals surface area contributed by atoms with Crippen LogP contribution in [-0.2, 0) is 6.54 Å².